The van der Waals surface area contributed by atoms with Crippen molar-refractivity contribution < 1.29 is 23.0 Å². The van der Waals surface area contributed by atoms with Crippen LogP contribution < -0.4 is 20.5 Å². The molecule has 0 fully saturated rings. The Labute approximate surface area is 198 Å². The van der Waals surface area contributed by atoms with Gasteiger partial charge < -0.3 is 15.2 Å². The standard InChI is InChI=1S/C26H21F3N4O2/c1-26(2,34)22-7-6-13(11-31-22)15-8-19-17(9-16(15)27)32-24-18-10-20(33(19)24)23-14(12-30-18)4-3-5-21(23)35-25(28)29/h3-9,11-12,18,25,30,34H,10H2,1-2H3/t18-/m1/s1. The van der Waals surface area contributed by atoms with E-state index in [0.29, 0.717) is 45.3 Å². The first kappa shape index (κ1) is 21.7. The summed E-state index contributed by atoms with van der Waals surface area (Å²) in [5.41, 5.74) is 2.10. The zero-order valence-corrected chi connectivity index (χ0v) is 18.9. The lowest BCUT2D eigenvalue weighted by atomic mass is 10.0. The van der Waals surface area contributed by atoms with E-state index in [1.165, 1.54) is 18.3 Å². The largest absolute Gasteiger partial charge is 0.434 e. The Kier molecular flexibility index (Phi) is 4.69. The molecule has 4 aromatic rings. The molecule has 2 aliphatic rings. The van der Waals surface area contributed by atoms with Gasteiger partial charge in [0.25, 0.3) is 0 Å². The van der Waals surface area contributed by atoms with E-state index in [9.17, 15) is 13.9 Å². The Balaban J connectivity index is 1.59. The molecule has 2 aromatic heterocycles. The van der Waals surface area contributed by atoms with Crippen LogP contribution in [-0.2, 0) is 5.60 Å². The van der Waals surface area contributed by atoms with Crippen molar-refractivity contribution in [2.24, 2.45) is 0 Å². The summed E-state index contributed by atoms with van der Waals surface area (Å²) in [5, 5.41) is 14.8. The number of ether oxygens (including phenoxy) is 1. The van der Waals surface area contributed by atoms with Gasteiger partial charge in [-0.25, -0.2) is 9.37 Å². The maximum absolute atomic E-state index is 15.2. The Morgan fingerprint density at radius 3 is 2.74 bits per heavy atom. The van der Waals surface area contributed by atoms with Crippen LogP contribution in [0.1, 0.15) is 37.8 Å². The van der Waals surface area contributed by atoms with Gasteiger partial charge in [0.2, 0.25) is 0 Å². The average molecular weight is 478 g/mol. The van der Waals surface area contributed by atoms with Gasteiger partial charge in [-0.1, -0.05) is 18.2 Å². The van der Waals surface area contributed by atoms with Gasteiger partial charge in [-0.05, 0) is 32.0 Å². The number of nitrogens with one attached hydrogen (secondary N) is 1. The highest BCUT2D eigenvalue weighted by atomic mass is 19.3. The lowest BCUT2D eigenvalue weighted by molar-refractivity contribution is -0.0505. The number of nitrogens with zero attached hydrogens (tertiary/aromatic N) is 3. The predicted molar refractivity (Wildman–Crippen MR) is 124 cm³/mol. The summed E-state index contributed by atoms with van der Waals surface area (Å²) in [6, 6.07) is 11.3. The smallest absolute Gasteiger partial charge is 0.387 e. The van der Waals surface area contributed by atoms with Gasteiger partial charge in [0.05, 0.1) is 22.8 Å². The van der Waals surface area contributed by atoms with Crippen molar-refractivity contribution in [1.29, 1.82) is 0 Å². The Morgan fingerprint density at radius 2 is 2.03 bits per heavy atom. The molecule has 6 nitrogen and oxygen atoms in total. The van der Waals surface area contributed by atoms with E-state index in [1.54, 1.807) is 44.3 Å². The summed E-state index contributed by atoms with van der Waals surface area (Å²) < 4.78 is 48.3. The third kappa shape index (κ3) is 3.46. The average Bonchev–Trinajstić information content (AvgIpc) is 3.25. The number of pyridine rings is 1. The molecule has 2 aromatic carbocycles. The van der Waals surface area contributed by atoms with Crippen molar-refractivity contribution in [3.05, 3.63) is 76.4 Å². The maximum atomic E-state index is 15.2. The van der Waals surface area contributed by atoms with Crippen molar-refractivity contribution in [3.8, 4) is 16.9 Å². The SMILES string of the molecule is CC(C)(O)c1ccc(-c2cc3c(cc2F)nc2n3C3=c4c(OC(F)F)cccc4=CN[C@@H]2C3)cn1. The number of hydrogen-bond donors (Lipinski definition) is 2. The van der Waals surface area contributed by atoms with Crippen LogP contribution in [0.2, 0.25) is 0 Å². The van der Waals surface area contributed by atoms with Gasteiger partial charge in [0, 0.05) is 52.1 Å². The molecule has 35 heavy (non-hydrogen) atoms. The van der Waals surface area contributed by atoms with Gasteiger partial charge in [-0.15, -0.1) is 0 Å². The first-order valence-electron chi connectivity index (χ1n) is 11.2. The van der Waals surface area contributed by atoms with Crippen molar-refractivity contribution in [2.45, 2.75) is 38.5 Å². The number of alkyl halides is 2. The highest BCUT2D eigenvalue weighted by Crippen LogP contribution is 2.38. The van der Waals surface area contributed by atoms with E-state index in [1.807, 2.05) is 10.6 Å². The van der Waals surface area contributed by atoms with Crippen LogP contribution in [0.25, 0.3) is 34.1 Å². The molecule has 2 N–H and O–H groups in total. The second-order valence-electron chi connectivity index (χ2n) is 9.23. The number of imidazole rings is 1. The lowest BCUT2D eigenvalue weighted by Gasteiger charge is -2.16. The van der Waals surface area contributed by atoms with Crippen LogP contribution in [0.5, 0.6) is 5.75 Å². The van der Waals surface area contributed by atoms with Gasteiger partial charge in [0.1, 0.15) is 23.0 Å². The summed E-state index contributed by atoms with van der Waals surface area (Å²) in [5.74, 6) is 0.298. The highest BCUT2D eigenvalue weighted by Gasteiger charge is 2.33. The number of aliphatic hydroxyl groups is 1. The minimum absolute atomic E-state index is 0.0784. The van der Waals surface area contributed by atoms with E-state index in [2.05, 4.69) is 15.3 Å². The Morgan fingerprint density at radius 1 is 1.20 bits per heavy atom. The molecule has 2 bridgehead atoms. The van der Waals surface area contributed by atoms with Crippen LogP contribution in [0, 0.1) is 5.82 Å². The Hall–Kier alpha value is -3.85. The molecule has 0 aliphatic carbocycles. The summed E-state index contributed by atoms with van der Waals surface area (Å²) in [6.45, 7) is 0.295. The molecule has 0 unspecified atom stereocenters. The molecule has 0 radical (unpaired) electrons. The van der Waals surface area contributed by atoms with Crippen LogP contribution in [0.3, 0.4) is 0 Å². The fraction of sp³-hybridized carbons (Fsp3) is 0.231. The van der Waals surface area contributed by atoms with Crippen LogP contribution in [0.4, 0.5) is 13.2 Å². The number of aromatic nitrogens is 3. The summed E-state index contributed by atoms with van der Waals surface area (Å²) in [6.07, 6.45) is 3.81. The van der Waals surface area contributed by atoms with Crippen LogP contribution in [-0.4, -0.2) is 26.3 Å². The second-order valence-corrected chi connectivity index (χ2v) is 9.23. The number of rotatable bonds is 4. The second kappa shape index (κ2) is 7.58. The molecular formula is C26H21F3N4O2. The van der Waals surface area contributed by atoms with E-state index < -0.39 is 18.0 Å². The molecule has 0 amide bonds. The highest BCUT2D eigenvalue weighted by molar-refractivity contribution is 5.87. The fourth-order valence-electron chi connectivity index (χ4n) is 4.86. The van der Waals surface area contributed by atoms with E-state index >= 15 is 4.39 Å². The van der Waals surface area contributed by atoms with Crippen LogP contribution in [0.15, 0.2) is 48.7 Å². The molecular weight excluding hydrogens is 457 g/mol. The summed E-state index contributed by atoms with van der Waals surface area (Å²) in [4.78, 5) is 8.96. The molecule has 2 aliphatic heterocycles. The number of fused-ring (bicyclic) bond motifs is 8. The Bertz CT molecular complexity index is 1610. The summed E-state index contributed by atoms with van der Waals surface area (Å²) in [7, 11) is 0. The maximum Gasteiger partial charge on any atom is 0.387 e. The van der Waals surface area contributed by atoms with Crippen molar-refractivity contribution >= 4 is 22.9 Å². The van der Waals surface area contributed by atoms with Crippen LogP contribution >= 0.6 is 0 Å². The molecule has 0 saturated heterocycles. The fourth-order valence-corrected chi connectivity index (χ4v) is 4.86. The van der Waals surface area contributed by atoms with E-state index in [0.717, 1.165) is 10.9 Å². The number of hydrogen-bond acceptors (Lipinski definition) is 5. The molecule has 0 spiro atoms. The molecule has 9 heteroatoms. The zero-order valence-electron chi connectivity index (χ0n) is 18.9. The minimum Gasteiger partial charge on any atom is -0.434 e. The molecule has 0 saturated carbocycles. The molecule has 6 rings (SSSR count). The van der Waals surface area contributed by atoms with E-state index in [4.69, 9.17) is 4.74 Å². The quantitative estimate of drug-likeness (QED) is 0.470. The predicted octanol–water partition coefficient (Wildman–Crippen LogP) is 3.51. The minimum atomic E-state index is -2.96. The summed E-state index contributed by atoms with van der Waals surface area (Å²) >= 11 is 0. The van der Waals surface area contributed by atoms with Gasteiger partial charge in [-0.2, -0.15) is 8.78 Å². The topological polar surface area (TPSA) is 72.2 Å². The first-order chi connectivity index (χ1) is 16.7. The third-order valence-electron chi connectivity index (χ3n) is 6.45. The normalized spacial score (nSPS) is 16.5. The van der Waals surface area contributed by atoms with Gasteiger partial charge in [0.15, 0.2) is 0 Å². The lowest BCUT2D eigenvalue weighted by Crippen LogP contribution is -2.32. The van der Waals surface area contributed by atoms with Crippen molar-refractivity contribution in [3.63, 3.8) is 0 Å². The van der Waals surface area contributed by atoms with E-state index in [-0.39, 0.29) is 11.8 Å². The van der Waals surface area contributed by atoms with Gasteiger partial charge >= 0.3 is 6.61 Å². The van der Waals surface area contributed by atoms with Crippen molar-refractivity contribution in [1.82, 2.24) is 19.9 Å². The zero-order chi connectivity index (χ0) is 24.5. The molecule has 1 atom stereocenters. The monoisotopic (exact) mass is 478 g/mol. The van der Waals surface area contributed by atoms with Gasteiger partial charge in [-0.3, -0.25) is 9.55 Å². The molecule has 4 heterocycles. The number of halogens is 3. The first-order valence-corrected chi connectivity index (χ1v) is 11.2. The third-order valence-corrected chi connectivity index (χ3v) is 6.45. The van der Waals surface area contributed by atoms with Crippen molar-refractivity contribution in [2.75, 3.05) is 0 Å². The molecule has 178 valence electrons. The number of benzene rings is 2.